The van der Waals surface area contributed by atoms with Crippen molar-refractivity contribution in [3.8, 4) is 12.3 Å². The molecule has 0 atom stereocenters. The summed E-state index contributed by atoms with van der Waals surface area (Å²) in [5, 5.41) is 0. The predicted molar refractivity (Wildman–Crippen MR) is 140 cm³/mol. The molecule has 0 rings (SSSR count). The van der Waals surface area contributed by atoms with E-state index in [0.717, 1.165) is 0 Å². The Morgan fingerprint density at radius 1 is 0.615 bits per heavy atom. The molecule has 0 aliphatic rings. The van der Waals surface area contributed by atoms with Crippen LogP contribution < -0.4 is 0 Å². The van der Waals surface area contributed by atoms with Crippen molar-refractivity contribution in [1.29, 1.82) is 0 Å². The Morgan fingerprint density at radius 3 is 0.615 bits per heavy atom. The summed E-state index contributed by atoms with van der Waals surface area (Å²) in [5.74, 6) is 2.25. The molecule has 26 heavy (non-hydrogen) atoms. The number of terminal acetylenes is 1. The molecule has 0 radical (unpaired) electrons. The molecule has 0 aliphatic carbocycles. The van der Waals surface area contributed by atoms with Gasteiger partial charge in [-0.1, -0.05) is 129 Å². The van der Waals surface area contributed by atoms with Crippen molar-refractivity contribution in [2.45, 2.75) is 136 Å². The second kappa shape index (κ2) is 502. The predicted octanol–water partition coefficient (Wildman–Crippen LogP) is 11.4. The molecule has 168 valence electrons. The van der Waals surface area contributed by atoms with Crippen molar-refractivity contribution < 1.29 is 0 Å². The van der Waals surface area contributed by atoms with Crippen molar-refractivity contribution in [3.63, 3.8) is 0 Å². The Balaban J connectivity index is -0.0000000138. The molecule has 0 aliphatic heterocycles. The summed E-state index contributed by atoms with van der Waals surface area (Å²) in [7, 11) is 0. The molecule has 0 unspecified atom stereocenters. The van der Waals surface area contributed by atoms with Gasteiger partial charge in [-0.25, -0.2) is 0 Å². The van der Waals surface area contributed by atoms with Gasteiger partial charge in [0.05, 0.1) is 0 Å². The van der Waals surface area contributed by atoms with Gasteiger partial charge in [0.1, 0.15) is 0 Å². The fourth-order valence-corrected chi connectivity index (χ4v) is 0. The minimum atomic E-state index is 1.25. The Kier molecular flexibility index (Phi) is 1240. The quantitative estimate of drug-likeness (QED) is 0.291. The van der Waals surface area contributed by atoms with Crippen LogP contribution in [0.1, 0.15) is 136 Å². The van der Waals surface area contributed by atoms with Crippen LogP contribution in [0.5, 0.6) is 0 Å². The van der Waals surface area contributed by atoms with E-state index in [1.54, 1.807) is 13.0 Å². The third-order valence-corrected chi connectivity index (χ3v) is 0. The van der Waals surface area contributed by atoms with E-state index < -0.39 is 0 Å². The van der Waals surface area contributed by atoms with Crippen LogP contribution in [0.4, 0.5) is 0 Å². The molecule has 0 aromatic rings. The van der Waals surface area contributed by atoms with E-state index in [1.165, 1.54) is 25.7 Å². The second-order valence-electron chi connectivity index (χ2n) is 3.53. The van der Waals surface area contributed by atoms with Gasteiger partial charge in [0.2, 0.25) is 0 Å². The van der Waals surface area contributed by atoms with Crippen LogP contribution in [0.3, 0.4) is 0 Å². The van der Waals surface area contributed by atoms with Crippen LogP contribution in [-0.4, -0.2) is 0 Å². The molecule has 0 N–H and O–H groups in total. The van der Waals surface area contributed by atoms with Crippen LogP contribution in [0.15, 0.2) is 25.8 Å². The van der Waals surface area contributed by atoms with Gasteiger partial charge in [0, 0.05) is 0 Å². The lowest BCUT2D eigenvalue weighted by atomic mass is 10.6. The van der Waals surface area contributed by atoms with E-state index in [-0.39, 0.29) is 0 Å². The maximum atomic E-state index is 4.60. The molecule has 0 amide bonds. The summed E-state index contributed by atoms with van der Waals surface area (Å²) >= 11 is 0. The first-order chi connectivity index (χ1) is 12.5. The highest BCUT2D eigenvalue weighted by molar-refractivity contribution is 4.73. The fraction of sp³-hybridized carbons (Fsp3) is 0.769. The molecule has 0 aromatic carbocycles. The summed E-state index contributed by atoms with van der Waals surface area (Å²) in [4.78, 5) is 0. The van der Waals surface area contributed by atoms with E-state index in [2.05, 4.69) is 87.5 Å². The van der Waals surface area contributed by atoms with Crippen LogP contribution in [-0.2, 0) is 0 Å². The molecule has 0 heterocycles. The Morgan fingerprint density at radius 2 is 0.615 bits per heavy atom. The first-order valence-corrected chi connectivity index (χ1v) is 10.9. The molecule has 0 saturated carbocycles. The minimum Gasteiger partial charge on any atom is -0.120 e. The van der Waals surface area contributed by atoms with Crippen LogP contribution in [0, 0.1) is 12.3 Å². The van der Waals surface area contributed by atoms with Gasteiger partial charge in [-0.2, -0.15) is 0 Å². The Bertz CT molecular complexity index is 87.1. The summed E-state index contributed by atoms with van der Waals surface area (Å²) in [6.07, 6.45) is 11.3. The molecule has 0 fully saturated rings. The van der Waals surface area contributed by atoms with E-state index >= 15 is 0 Å². The molecular weight excluding hydrogens is 312 g/mol. The highest BCUT2D eigenvalue weighted by atomic mass is 13.4. The lowest BCUT2D eigenvalue weighted by Gasteiger charge is -1.48. The Labute approximate surface area is 175 Å². The monoisotopic (exact) mass is 377 g/mol. The molecule has 0 spiro atoms. The van der Waals surface area contributed by atoms with Crippen molar-refractivity contribution >= 4 is 0 Å². The van der Waals surface area contributed by atoms with Crippen LogP contribution >= 0.6 is 0 Å². The van der Waals surface area contributed by atoms with E-state index in [4.69, 9.17) is 0 Å². The van der Waals surface area contributed by atoms with Gasteiger partial charge in [-0.15, -0.1) is 32.1 Å². The van der Waals surface area contributed by atoms with Gasteiger partial charge in [-0.05, 0) is 13.8 Å². The largest absolute Gasteiger partial charge is 0.120 e. The van der Waals surface area contributed by atoms with Crippen molar-refractivity contribution in [1.82, 2.24) is 0 Å². The molecular formula is C26H64. The van der Waals surface area contributed by atoms with Gasteiger partial charge >= 0.3 is 0 Å². The van der Waals surface area contributed by atoms with Gasteiger partial charge in [0.25, 0.3) is 0 Å². The smallest absolute Gasteiger partial charge is 0.00297 e. The third kappa shape index (κ3) is 12100. The lowest BCUT2D eigenvalue weighted by Crippen LogP contribution is -1.27. The average molecular weight is 377 g/mol. The van der Waals surface area contributed by atoms with Crippen molar-refractivity contribution in [3.05, 3.63) is 25.8 Å². The second-order valence-corrected chi connectivity index (χ2v) is 3.53. The van der Waals surface area contributed by atoms with Gasteiger partial charge in [0.15, 0.2) is 0 Å². The maximum absolute atomic E-state index is 4.60. The van der Waals surface area contributed by atoms with Gasteiger partial charge < -0.3 is 0 Å². The summed E-state index contributed by atoms with van der Waals surface area (Å²) in [6.45, 7) is 41.9. The number of allylic oxidation sites excluding steroid dienone is 1. The van der Waals surface area contributed by atoms with E-state index in [9.17, 15) is 0 Å². The lowest BCUT2D eigenvalue weighted by molar-refractivity contribution is 1.09. The highest BCUT2D eigenvalue weighted by Gasteiger charge is 1.36. The van der Waals surface area contributed by atoms with Crippen molar-refractivity contribution in [2.24, 2.45) is 0 Å². The van der Waals surface area contributed by atoms with Crippen molar-refractivity contribution in [2.75, 3.05) is 0 Å². The summed E-state index contributed by atoms with van der Waals surface area (Å²) in [5.41, 5.74) is 0. The molecule has 0 bridgehead atoms. The van der Waals surface area contributed by atoms with Crippen LogP contribution in [0.25, 0.3) is 0 Å². The summed E-state index contributed by atoms with van der Waals surface area (Å²) < 4.78 is 0. The SMILES string of the molecule is C#CC.C=C.C=CC.CC.CC.CC.CCC.CCC.CCC.CCC. The number of rotatable bonds is 0. The zero-order valence-electron chi connectivity index (χ0n) is 22.6. The third-order valence-electron chi connectivity index (χ3n) is 0. The molecule has 0 aromatic heterocycles. The zero-order valence-corrected chi connectivity index (χ0v) is 22.6. The van der Waals surface area contributed by atoms with Crippen LogP contribution in [0.2, 0.25) is 0 Å². The van der Waals surface area contributed by atoms with Gasteiger partial charge in [-0.3, -0.25) is 0 Å². The first-order valence-electron chi connectivity index (χ1n) is 10.9. The topological polar surface area (TPSA) is 0 Å². The molecule has 0 heteroatoms. The fourth-order valence-electron chi connectivity index (χ4n) is 0. The molecule has 0 saturated heterocycles. The number of hydrogen-bond acceptors (Lipinski definition) is 0. The number of hydrogen-bond donors (Lipinski definition) is 0. The van der Waals surface area contributed by atoms with E-state index in [0.29, 0.717) is 0 Å². The first kappa shape index (κ1) is 64.0. The highest BCUT2D eigenvalue weighted by Crippen LogP contribution is 1.57. The maximum Gasteiger partial charge on any atom is -0.00297 e. The summed E-state index contributed by atoms with van der Waals surface area (Å²) in [6, 6.07) is 0. The molecule has 0 nitrogen and oxygen atoms in total. The normalized spacial score (nSPS) is 4.42. The Hall–Kier alpha value is -0.960. The minimum absolute atomic E-state index is 1.25. The standard InChI is InChI=1S/4C3H8.C3H6.C3H4.3C2H6.C2H4/c6*1-3-2;4*1-2/h4*3H2,1-2H3;3H,1H2,2H3;1H,2H3;3*1-2H3;1-2H2. The zero-order chi connectivity index (χ0) is 24.2. The van der Waals surface area contributed by atoms with E-state index in [1.807, 2.05) is 48.5 Å². The average Bonchev–Trinajstić information content (AvgIpc) is 2.65.